The van der Waals surface area contributed by atoms with Gasteiger partial charge in [0.15, 0.2) is 5.78 Å². The van der Waals surface area contributed by atoms with E-state index < -0.39 is 6.04 Å². The minimum Gasteiger partial charge on any atom is -0.469 e. The van der Waals surface area contributed by atoms with Crippen LogP contribution in [0, 0.1) is 0 Å². The molecule has 174 valence electrons. The van der Waals surface area contributed by atoms with Gasteiger partial charge < -0.3 is 14.2 Å². The zero-order chi connectivity index (χ0) is 23.9. The van der Waals surface area contributed by atoms with Gasteiger partial charge >= 0.3 is 0 Å². The Kier molecular flexibility index (Phi) is 5.30. The van der Waals surface area contributed by atoms with Crippen LogP contribution in [0.5, 0.6) is 0 Å². The Morgan fingerprint density at radius 3 is 2.31 bits per heavy atom. The van der Waals surface area contributed by atoms with E-state index in [1.165, 1.54) is 0 Å². The van der Waals surface area contributed by atoms with Crippen LogP contribution in [0.1, 0.15) is 46.7 Å². The fourth-order valence-corrected chi connectivity index (χ4v) is 5.11. The fraction of sp³-hybridized carbons (Fsp3) is 0.143. The summed E-state index contributed by atoms with van der Waals surface area (Å²) in [6.07, 6.45) is 4.04. The second-order valence-corrected chi connectivity index (χ2v) is 9.11. The second-order valence-electron chi connectivity index (χ2n) is 8.68. The average Bonchev–Trinajstić information content (AvgIpc) is 3.57. The van der Waals surface area contributed by atoms with Crippen LogP contribution >= 0.6 is 11.6 Å². The predicted octanol–water partition coefficient (Wildman–Crippen LogP) is 6.74. The van der Waals surface area contributed by atoms with Crippen LogP contribution in [0.2, 0.25) is 5.02 Å². The first-order valence-electron chi connectivity index (χ1n) is 11.4. The van der Waals surface area contributed by atoms with Crippen molar-refractivity contribution in [2.24, 2.45) is 0 Å². The maximum absolute atomic E-state index is 14.0. The van der Waals surface area contributed by atoms with E-state index in [1.54, 1.807) is 53.8 Å². The lowest BCUT2D eigenvalue weighted by molar-refractivity contribution is -0.116. The number of nitrogens with zero attached hydrogens (tertiary/aromatic N) is 1. The van der Waals surface area contributed by atoms with Gasteiger partial charge in [0.25, 0.3) is 5.91 Å². The number of rotatable bonds is 3. The van der Waals surface area contributed by atoms with Gasteiger partial charge in [-0.05, 0) is 67.1 Å². The van der Waals surface area contributed by atoms with Gasteiger partial charge in [0, 0.05) is 34.2 Å². The van der Waals surface area contributed by atoms with Gasteiger partial charge in [-0.1, -0.05) is 23.7 Å². The molecule has 0 fully saturated rings. The van der Waals surface area contributed by atoms with Crippen LogP contribution in [-0.2, 0) is 4.79 Å². The summed E-state index contributed by atoms with van der Waals surface area (Å²) in [5.74, 6) is 0.887. The van der Waals surface area contributed by atoms with Crippen LogP contribution < -0.4 is 10.2 Å². The van der Waals surface area contributed by atoms with E-state index in [-0.39, 0.29) is 24.0 Å². The average molecular weight is 485 g/mol. The number of benzene rings is 2. The number of hydrogen-bond acceptors (Lipinski definition) is 5. The molecule has 0 spiro atoms. The van der Waals surface area contributed by atoms with Crippen molar-refractivity contribution in [2.75, 3.05) is 10.2 Å². The highest BCUT2D eigenvalue weighted by molar-refractivity contribution is 6.30. The first kappa shape index (κ1) is 21.5. The number of amides is 1. The normalized spacial score (nSPS) is 19.6. The zero-order valence-corrected chi connectivity index (χ0v) is 19.4. The largest absolute Gasteiger partial charge is 0.469 e. The third-order valence-corrected chi connectivity index (χ3v) is 6.81. The number of ketones is 1. The molecule has 0 saturated heterocycles. The minimum atomic E-state index is -0.732. The molecule has 2 aromatic carbocycles. The number of Topliss-reactive ketones (excluding diaryl/α,β-unsaturated/α-hetero) is 1. The lowest BCUT2D eigenvalue weighted by Crippen LogP contribution is -2.38. The van der Waals surface area contributed by atoms with E-state index in [4.69, 9.17) is 20.4 Å². The molecule has 2 aromatic heterocycles. The molecule has 0 bridgehead atoms. The fourth-order valence-electron chi connectivity index (χ4n) is 4.99. The van der Waals surface area contributed by atoms with Gasteiger partial charge in [-0.15, -0.1) is 0 Å². The van der Waals surface area contributed by atoms with Gasteiger partial charge in [-0.25, -0.2) is 0 Å². The Morgan fingerprint density at radius 2 is 1.60 bits per heavy atom. The summed E-state index contributed by atoms with van der Waals surface area (Å²) in [6.45, 7) is 0. The van der Waals surface area contributed by atoms with Gasteiger partial charge in [0.2, 0.25) is 0 Å². The van der Waals surface area contributed by atoms with Crippen molar-refractivity contribution in [2.45, 2.75) is 24.8 Å². The molecule has 7 heteroatoms. The Labute approximate surface area is 206 Å². The number of allylic oxidation sites excluding steroid dienone is 1. The summed E-state index contributed by atoms with van der Waals surface area (Å²) >= 11 is 6.08. The third kappa shape index (κ3) is 3.76. The van der Waals surface area contributed by atoms with Gasteiger partial charge in [-0.2, -0.15) is 0 Å². The highest BCUT2D eigenvalue weighted by Crippen LogP contribution is 2.47. The molecule has 0 radical (unpaired) electrons. The quantitative estimate of drug-likeness (QED) is 0.348. The molecule has 35 heavy (non-hydrogen) atoms. The Morgan fingerprint density at radius 1 is 0.886 bits per heavy atom. The van der Waals surface area contributed by atoms with Gasteiger partial charge in [0.05, 0.1) is 23.9 Å². The van der Waals surface area contributed by atoms with Crippen LogP contribution in [0.15, 0.2) is 105 Å². The number of para-hydroxylation sites is 2. The van der Waals surface area contributed by atoms with Gasteiger partial charge in [-0.3, -0.25) is 14.5 Å². The van der Waals surface area contributed by atoms with Crippen LogP contribution in [0.3, 0.4) is 0 Å². The summed E-state index contributed by atoms with van der Waals surface area (Å²) in [7, 11) is 0. The first-order chi connectivity index (χ1) is 17.1. The summed E-state index contributed by atoms with van der Waals surface area (Å²) in [4.78, 5) is 29.4. The Hall–Kier alpha value is -4.03. The number of carbonyl (C=O) groups is 2. The van der Waals surface area contributed by atoms with Gasteiger partial charge in [0.1, 0.15) is 17.6 Å². The van der Waals surface area contributed by atoms with E-state index in [0.717, 1.165) is 17.1 Å². The second kappa shape index (κ2) is 8.64. The molecule has 4 aromatic rings. The number of hydrogen-bond donors (Lipinski definition) is 1. The summed E-state index contributed by atoms with van der Waals surface area (Å²) in [6, 6.07) is 20.9. The van der Waals surface area contributed by atoms with Crippen molar-refractivity contribution < 1.29 is 18.4 Å². The van der Waals surface area contributed by atoms with Crippen LogP contribution in [0.25, 0.3) is 0 Å². The SMILES string of the molecule is O=C1C[C@@H](c2ccco2)CC2=C1[C@@H](c1ccco1)N(C(=O)c1ccc(Cl)cc1)c1ccccc1N2. The molecule has 0 unspecified atom stereocenters. The number of anilines is 2. The van der Waals surface area contributed by atoms with Crippen molar-refractivity contribution >= 4 is 34.7 Å². The van der Waals surface area contributed by atoms with Crippen molar-refractivity contribution in [1.82, 2.24) is 0 Å². The molecule has 0 saturated carbocycles. The summed E-state index contributed by atoms with van der Waals surface area (Å²) in [5, 5.41) is 4.02. The first-order valence-corrected chi connectivity index (χ1v) is 11.8. The van der Waals surface area contributed by atoms with Crippen LogP contribution in [0.4, 0.5) is 11.4 Å². The molecule has 2 aliphatic rings. The molecule has 6 rings (SSSR count). The minimum absolute atomic E-state index is 0.0525. The highest BCUT2D eigenvalue weighted by atomic mass is 35.5. The number of halogens is 1. The van der Waals surface area contributed by atoms with E-state index in [2.05, 4.69) is 5.32 Å². The zero-order valence-electron chi connectivity index (χ0n) is 18.6. The number of carbonyl (C=O) groups excluding carboxylic acids is 2. The molecular formula is C28H21ClN2O4. The number of furan rings is 2. The summed E-state index contributed by atoms with van der Waals surface area (Å²) in [5.41, 5.74) is 3.15. The van der Waals surface area contributed by atoms with Crippen molar-refractivity contribution in [3.63, 3.8) is 0 Å². The lowest BCUT2D eigenvalue weighted by atomic mass is 9.81. The maximum atomic E-state index is 14.0. The van der Waals surface area contributed by atoms with Crippen LogP contribution in [-0.4, -0.2) is 11.7 Å². The standard InChI is InChI=1S/C28H21ClN2O4/c29-19-11-9-17(10-12-19)28(33)31-22-6-2-1-5-20(22)30-21-15-18(24-7-3-13-34-24)16-23(32)26(21)27(31)25-8-4-14-35-25/h1-14,18,27,30H,15-16H2/t18-,27+/m0/s1. The third-order valence-electron chi connectivity index (χ3n) is 6.56. The number of fused-ring (bicyclic) bond motifs is 1. The smallest absolute Gasteiger partial charge is 0.259 e. The molecule has 1 amide bonds. The topological polar surface area (TPSA) is 75.7 Å². The Balaban J connectivity index is 1.55. The van der Waals surface area contributed by atoms with E-state index in [0.29, 0.717) is 34.0 Å². The maximum Gasteiger partial charge on any atom is 0.259 e. The molecule has 1 aliphatic carbocycles. The van der Waals surface area contributed by atoms with Crippen molar-refractivity contribution in [3.05, 3.63) is 119 Å². The molecular weight excluding hydrogens is 464 g/mol. The van der Waals surface area contributed by atoms with Crippen molar-refractivity contribution in [1.29, 1.82) is 0 Å². The van der Waals surface area contributed by atoms with E-state index >= 15 is 0 Å². The molecule has 1 N–H and O–H groups in total. The molecule has 1 aliphatic heterocycles. The number of nitrogens with one attached hydrogen (secondary N) is 1. The predicted molar refractivity (Wildman–Crippen MR) is 132 cm³/mol. The van der Waals surface area contributed by atoms with Crippen molar-refractivity contribution in [3.8, 4) is 0 Å². The summed E-state index contributed by atoms with van der Waals surface area (Å²) < 4.78 is 11.5. The molecule has 3 heterocycles. The lowest BCUT2D eigenvalue weighted by Gasteiger charge is -2.33. The van der Waals surface area contributed by atoms with E-state index in [1.807, 2.05) is 36.4 Å². The molecule has 2 atom stereocenters. The highest BCUT2D eigenvalue weighted by Gasteiger charge is 2.43. The Bertz CT molecular complexity index is 1420. The monoisotopic (exact) mass is 484 g/mol. The molecule has 6 nitrogen and oxygen atoms in total. The van der Waals surface area contributed by atoms with E-state index in [9.17, 15) is 9.59 Å².